The molecular weight excluding hydrogens is 257 g/mol. The highest BCUT2D eigenvalue weighted by Crippen LogP contribution is 2.21. The molecule has 110 valence electrons. The number of ether oxygens (including phenoxy) is 2. The van der Waals surface area contributed by atoms with E-state index in [2.05, 4.69) is 11.8 Å². The summed E-state index contributed by atoms with van der Waals surface area (Å²) in [5.41, 5.74) is 1.38. The molecule has 1 fully saturated rings. The van der Waals surface area contributed by atoms with Crippen LogP contribution in [0.15, 0.2) is 18.2 Å². The first-order valence-electron chi connectivity index (χ1n) is 6.87. The molecule has 2 N–H and O–H groups in total. The molecule has 0 bridgehead atoms. The minimum absolute atomic E-state index is 0.202. The standard InChI is InChI=1S/C14H22BNO4/c1-10-14(6-7-20-10)16(2)9-11-8-12(19-3)4-5-13(11)15(17)18/h4-5,8,10,14,17-18H,6-7,9H2,1-3H3. The van der Waals surface area contributed by atoms with E-state index in [0.717, 1.165) is 18.6 Å². The van der Waals surface area contributed by atoms with Crippen molar-refractivity contribution in [2.75, 3.05) is 20.8 Å². The number of hydrogen-bond acceptors (Lipinski definition) is 5. The molecule has 1 aliphatic heterocycles. The molecule has 6 heteroatoms. The smallest absolute Gasteiger partial charge is 0.488 e. The van der Waals surface area contributed by atoms with Gasteiger partial charge >= 0.3 is 7.12 Å². The SMILES string of the molecule is COc1ccc(B(O)O)c(CN(C)C2CCOC2C)c1. The van der Waals surface area contributed by atoms with Crippen molar-refractivity contribution in [1.82, 2.24) is 4.90 Å². The average molecular weight is 279 g/mol. The van der Waals surface area contributed by atoms with Crippen LogP contribution in [0.3, 0.4) is 0 Å². The lowest BCUT2D eigenvalue weighted by Crippen LogP contribution is -2.40. The predicted octanol–water partition coefficient (Wildman–Crippen LogP) is -0.0158. The van der Waals surface area contributed by atoms with Crippen molar-refractivity contribution in [3.05, 3.63) is 23.8 Å². The van der Waals surface area contributed by atoms with E-state index in [-0.39, 0.29) is 6.10 Å². The summed E-state index contributed by atoms with van der Waals surface area (Å²) >= 11 is 0. The molecule has 0 spiro atoms. The fourth-order valence-electron chi connectivity index (χ4n) is 2.78. The lowest BCUT2D eigenvalue weighted by molar-refractivity contribution is 0.0815. The van der Waals surface area contributed by atoms with E-state index in [4.69, 9.17) is 9.47 Å². The van der Waals surface area contributed by atoms with Crippen LogP contribution in [-0.2, 0) is 11.3 Å². The van der Waals surface area contributed by atoms with Gasteiger partial charge in [0.2, 0.25) is 0 Å². The van der Waals surface area contributed by atoms with E-state index < -0.39 is 7.12 Å². The Labute approximate surface area is 120 Å². The second-order valence-electron chi connectivity index (χ2n) is 5.29. The largest absolute Gasteiger partial charge is 0.497 e. The first-order chi connectivity index (χ1) is 9.52. The Balaban J connectivity index is 2.18. The molecule has 2 unspecified atom stereocenters. The van der Waals surface area contributed by atoms with Crippen molar-refractivity contribution in [1.29, 1.82) is 0 Å². The van der Waals surface area contributed by atoms with Gasteiger partial charge in [0.1, 0.15) is 5.75 Å². The molecule has 1 aromatic rings. The quantitative estimate of drug-likeness (QED) is 0.742. The second kappa shape index (κ2) is 6.58. The van der Waals surface area contributed by atoms with Crippen LogP contribution >= 0.6 is 0 Å². The predicted molar refractivity (Wildman–Crippen MR) is 78.1 cm³/mol. The van der Waals surface area contributed by atoms with Crippen LogP contribution in [0, 0.1) is 0 Å². The molecule has 1 heterocycles. The van der Waals surface area contributed by atoms with Gasteiger partial charge in [-0.1, -0.05) is 6.07 Å². The molecule has 2 atom stereocenters. The van der Waals surface area contributed by atoms with Gasteiger partial charge in [-0.05, 0) is 43.6 Å². The normalized spacial score (nSPS) is 22.3. The summed E-state index contributed by atoms with van der Waals surface area (Å²) in [7, 11) is 2.16. The van der Waals surface area contributed by atoms with Gasteiger partial charge < -0.3 is 19.5 Å². The fourth-order valence-corrected chi connectivity index (χ4v) is 2.78. The zero-order valence-electron chi connectivity index (χ0n) is 12.2. The highest BCUT2D eigenvalue weighted by Gasteiger charge is 2.28. The van der Waals surface area contributed by atoms with Crippen LogP contribution in [0.1, 0.15) is 18.9 Å². The first-order valence-corrected chi connectivity index (χ1v) is 6.87. The first kappa shape index (κ1) is 15.3. The van der Waals surface area contributed by atoms with Crippen LogP contribution in [0.5, 0.6) is 5.75 Å². The Bertz CT molecular complexity index is 455. The second-order valence-corrected chi connectivity index (χ2v) is 5.29. The lowest BCUT2D eigenvalue weighted by atomic mass is 9.76. The summed E-state index contributed by atoms with van der Waals surface area (Å²) in [5, 5.41) is 18.9. The number of benzene rings is 1. The number of hydrogen-bond donors (Lipinski definition) is 2. The average Bonchev–Trinajstić information content (AvgIpc) is 2.84. The molecule has 1 aromatic carbocycles. The molecule has 1 saturated heterocycles. The van der Waals surface area contributed by atoms with Crippen LogP contribution in [-0.4, -0.2) is 55.0 Å². The summed E-state index contributed by atoms with van der Waals surface area (Å²) in [6.07, 6.45) is 1.20. The van der Waals surface area contributed by atoms with Crippen molar-refractivity contribution in [3.8, 4) is 5.75 Å². The van der Waals surface area contributed by atoms with Gasteiger partial charge in [-0.2, -0.15) is 0 Å². The van der Waals surface area contributed by atoms with Crippen LogP contribution in [0.25, 0.3) is 0 Å². The van der Waals surface area contributed by atoms with Gasteiger partial charge in [-0.3, -0.25) is 4.90 Å². The zero-order chi connectivity index (χ0) is 14.7. The van der Waals surface area contributed by atoms with Gasteiger partial charge in [0.05, 0.1) is 13.2 Å². The third-order valence-corrected chi connectivity index (χ3v) is 3.95. The Kier molecular flexibility index (Phi) is 5.04. The maximum Gasteiger partial charge on any atom is 0.488 e. The minimum atomic E-state index is -1.47. The zero-order valence-corrected chi connectivity index (χ0v) is 12.2. The molecule has 0 amide bonds. The van der Waals surface area contributed by atoms with Crippen molar-refractivity contribution in [2.45, 2.75) is 32.0 Å². The molecular formula is C14H22BNO4. The van der Waals surface area contributed by atoms with Crippen LogP contribution < -0.4 is 10.2 Å². The fraction of sp³-hybridized carbons (Fsp3) is 0.571. The van der Waals surface area contributed by atoms with Gasteiger partial charge in [0.25, 0.3) is 0 Å². The summed E-state index contributed by atoms with van der Waals surface area (Å²) in [5.74, 6) is 0.716. The molecule has 20 heavy (non-hydrogen) atoms. The Hall–Kier alpha value is -1.08. The highest BCUT2D eigenvalue weighted by molar-refractivity contribution is 6.59. The molecule has 0 radical (unpaired) electrons. The molecule has 2 rings (SSSR count). The lowest BCUT2D eigenvalue weighted by Gasteiger charge is -2.27. The van der Waals surface area contributed by atoms with E-state index in [1.54, 1.807) is 19.2 Å². The van der Waals surface area contributed by atoms with Crippen molar-refractivity contribution in [2.24, 2.45) is 0 Å². The molecule has 0 saturated carbocycles. The Morgan fingerprint density at radius 3 is 2.75 bits per heavy atom. The number of rotatable bonds is 5. The summed E-state index contributed by atoms with van der Waals surface area (Å²) in [4.78, 5) is 2.19. The monoisotopic (exact) mass is 279 g/mol. The third kappa shape index (κ3) is 3.33. The highest BCUT2D eigenvalue weighted by atomic mass is 16.5. The van der Waals surface area contributed by atoms with E-state index >= 15 is 0 Å². The van der Waals surface area contributed by atoms with Gasteiger partial charge in [0, 0.05) is 19.2 Å². The van der Waals surface area contributed by atoms with Crippen molar-refractivity contribution in [3.63, 3.8) is 0 Å². The summed E-state index contributed by atoms with van der Waals surface area (Å²) in [6.45, 7) is 3.48. The molecule has 5 nitrogen and oxygen atoms in total. The molecule has 0 aliphatic carbocycles. The van der Waals surface area contributed by atoms with E-state index in [0.29, 0.717) is 23.8 Å². The summed E-state index contributed by atoms with van der Waals surface area (Å²) < 4.78 is 10.8. The molecule has 0 aromatic heterocycles. The minimum Gasteiger partial charge on any atom is -0.497 e. The topological polar surface area (TPSA) is 62.2 Å². The van der Waals surface area contributed by atoms with Crippen LogP contribution in [0.2, 0.25) is 0 Å². The number of methoxy groups -OCH3 is 1. The van der Waals surface area contributed by atoms with E-state index in [1.807, 2.05) is 13.1 Å². The third-order valence-electron chi connectivity index (χ3n) is 3.95. The molecule has 1 aliphatic rings. The Morgan fingerprint density at radius 1 is 1.45 bits per heavy atom. The van der Waals surface area contributed by atoms with Crippen molar-refractivity contribution < 1.29 is 19.5 Å². The maximum absolute atomic E-state index is 9.47. The Morgan fingerprint density at radius 2 is 2.20 bits per heavy atom. The van der Waals surface area contributed by atoms with E-state index in [1.165, 1.54) is 0 Å². The summed E-state index contributed by atoms with van der Waals surface area (Å²) in [6, 6.07) is 5.64. The van der Waals surface area contributed by atoms with Gasteiger partial charge in [-0.25, -0.2) is 0 Å². The van der Waals surface area contributed by atoms with E-state index in [9.17, 15) is 10.0 Å². The van der Waals surface area contributed by atoms with Gasteiger partial charge in [-0.15, -0.1) is 0 Å². The van der Waals surface area contributed by atoms with Crippen LogP contribution in [0.4, 0.5) is 0 Å². The van der Waals surface area contributed by atoms with Gasteiger partial charge in [0.15, 0.2) is 0 Å². The number of likely N-dealkylation sites (N-methyl/N-ethyl adjacent to an activating group) is 1. The number of nitrogens with zero attached hydrogens (tertiary/aromatic N) is 1. The van der Waals surface area contributed by atoms with Crippen molar-refractivity contribution >= 4 is 12.6 Å². The maximum atomic E-state index is 9.47.